The van der Waals surface area contributed by atoms with Gasteiger partial charge < -0.3 is 9.30 Å². The molecule has 0 aliphatic heterocycles. The fraction of sp³-hybridized carbons (Fsp3) is 0.0435. The van der Waals surface area contributed by atoms with Crippen LogP contribution in [0.15, 0.2) is 90.2 Å². The largest absolute Gasteiger partial charge is 0.483 e. The molecule has 1 heterocycles. The summed E-state index contributed by atoms with van der Waals surface area (Å²) in [7, 11) is 0. The molecule has 0 aliphatic rings. The first-order chi connectivity index (χ1) is 14.2. The molecule has 0 saturated carbocycles. The molecule has 1 N–H and O–H groups in total. The van der Waals surface area contributed by atoms with Gasteiger partial charge in [0, 0.05) is 11.9 Å². The SMILES string of the molecule is O=C(COc1ccccc1I)N/N=C\c1cccn1-c1ccc2ccccc2c1. The number of amides is 1. The zero-order valence-electron chi connectivity index (χ0n) is 15.5. The molecule has 1 amide bonds. The average Bonchev–Trinajstić information content (AvgIpc) is 3.21. The van der Waals surface area contributed by atoms with Crippen LogP contribution in [-0.2, 0) is 4.79 Å². The van der Waals surface area contributed by atoms with Crippen molar-refractivity contribution in [1.82, 2.24) is 9.99 Å². The van der Waals surface area contributed by atoms with Crippen molar-refractivity contribution in [3.05, 3.63) is 94.3 Å². The standard InChI is InChI=1S/C23H18IN3O2/c24-21-9-3-4-10-22(21)29-16-23(28)26-25-15-20-8-5-13-27(20)19-12-11-17-6-1-2-7-18(17)14-19/h1-15H,16H2,(H,26,28)/b25-15-. The van der Waals surface area contributed by atoms with E-state index < -0.39 is 0 Å². The molecule has 144 valence electrons. The topological polar surface area (TPSA) is 55.6 Å². The lowest BCUT2D eigenvalue weighted by Gasteiger charge is -2.08. The highest BCUT2D eigenvalue weighted by Gasteiger charge is 2.05. The molecule has 29 heavy (non-hydrogen) atoms. The van der Waals surface area contributed by atoms with Crippen molar-refractivity contribution in [2.24, 2.45) is 5.10 Å². The third-order valence-electron chi connectivity index (χ3n) is 4.37. The lowest BCUT2D eigenvalue weighted by Crippen LogP contribution is -2.24. The summed E-state index contributed by atoms with van der Waals surface area (Å²) in [5.74, 6) is 0.363. The second-order valence-electron chi connectivity index (χ2n) is 6.35. The van der Waals surface area contributed by atoms with Gasteiger partial charge >= 0.3 is 0 Å². The van der Waals surface area contributed by atoms with Gasteiger partial charge in [-0.15, -0.1) is 0 Å². The van der Waals surface area contributed by atoms with Gasteiger partial charge in [-0.2, -0.15) is 5.10 Å². The Morgan fingerprint density at radius 1 is 1.00 bits per heavy atom. The van der Waals surface area contributed by atoms with Crippen molar-refractivity contribution >= 4 is 45.5 Å². The van der Waals surface area contributed by atoms with Crippen LogP contribution in [0.3, 0.4) is 0 Å². The summed E-state index contributed by atoms with van der Waals surface area (Å²) >= 11 is 2.17. The van der Waals surface area contributed by atoms with Crippen LogP contribution in [0.5, 0.6) is 5.75 Å². The molecule has 4 aromatic rings. The Morgan fingerprint density at radius 3 is 2.66 bits per heavy atom. The zero-order chi connectivity index (χ0) is 20.1. The van der Waals surface area contributed by atoms with E-state index in [9.17, 15) is 4.79 Å². The van der Waals surface area contributed by atoms with Crippen LogP contribution in [0.2, 0.25) is 0 Å². The third-order valence-corrected chi connectivity index (χ3v) is 5.26. The van der Waals surface area contributed by atoms with Crippen molar-refractivity contribution in [1.29, 1.82) is 0 Å². The lowest BCUT2D eigenvalue weighted by atomic mass is 10.1. The van der Waals surface area contributed by atoms with Crippen molar-refractivity contribution in [3.63, 3.8) is 0 Å². The Labute approximate surface area is 182 Å². The van der Waals surface area contributed by atoms with Gasteiger partial charge in [0.15, 0.2) is 6.61 Å². The van der Waals surface area contributed by atoms with E-state index in [2.05, 4.69) is 63.4 Å². The lowest BCUT2D eigenvalue weighted by molar-refractivity contribution is -0.123. The number of hydrogen-bond donors (Lipinski definition) is 1. The highest BCUT2D eigenvalue weighted by atomic mass is 127. The van der Waals surface area contributed by atoms with Crippen molar-refractivity contribution < 1.29 is 9.53 Å². The van der Waals surface area contributed by atoms with E-state index in [1.807, 2.05) is 59.3 Å². The number of hydrazone groups is 1. The molecule has 0 bridgehead atoms. The van der Waals surface area contributed by atoms with Gasteiger partial charge in [0.1, 0.15) is 5.75 Å². The molecule has 0 atom stereocenters. The first-order valence-electron chi connectivity index (χ1n) is 9.06. The summed E-state index contributed by atoms with van der Waals surface area (Å²) in [6.45, 7) is -0.0942. The number of para-hydroxylation sites is 1. The minimum atomic E-state index is -0.315. The number of nitrogens with one attached hydrogen (secondary N) is 1. The number of ether oxygens (including phenoxy) is 1. The third kappa shape index (κ3) is 4.65. The van der Waals surface area contributed by atoms with Gasteiger partial charge in [0.2, 0.25) is 0 Å². The van der Waals surface area contributed by atoms with Crippen molar-refractivity contribution in [2.45, 2.75) is 0 Å². The van der Waals surface area contributed by atoms with Gasteiger partial charge in [0.05, 0.1) is 15.5 Å². The fourth-order valence-corrected chi connectivity index (χ4v) is 3.51. The molecule has 3 aromatic carbocycles. The van der Waals surface area contributed by atoms with Crippen LogP contribution in [0.1, 0.15) is 5.69 Å². The van der Waals surface area contributed by atoms with E-state index in [1.165, 1.54) is 10.8 Å². The number of halogens is 1. The zero-order valence-corrected chi connectivity index (χ0v) is 17.6. The second-order valence-corrected chi connectivity index (χ2v) is 7.51. The summed E-state index contributed by atoms with van der Waals surface area (Å²) in [4.78, 5) is 12.0. The van der Waals surface area contributed by atoms with E-state index >= 15 is 0 Å². The van der Waals surface area contributed by atoms with Crippen molar-refractivity contribution in [3.8, 4) is 11.4 Å². The Balaban J connectivity index is 1.41. The molecule has 0 spiro atoms. The fourth-order valence-electron chi connectivity index (χ4n) is 2.97. The van der Waals surface area contributed by atoms with E-state index in [1.54, 1.807) is 6.21 Å². The van der Waals surface area contributed by atoms with Gasteiger partial charge in [-0.25, -0.2) is 5.43 Å². The molecule has 0 fully saturated rings. The average molecular weight is 495 g/mol. The first-order valence-corrected chi connectivity index (χ1v) is 10.1. The van der Waals surface area contributed by atoms with Crippen LogP contribution in [-0.4, -0.2) is 23.3 Å². The van der Waals surface area contributed by atoms with Crippen LogP contribution in [0, 0.1) is 3.57 Å². The Hall–Kier alpha value is -3.13. The summed E-state index contributed by atoms with van der Waals surface area (Å²) in [5, 5.41) is 6.43. The minimum Gasteiger partial charge on any atom is -0.483 e. The highest BCUT2D eigenvalue weighted by molar-refractivity contribution is 14.1. The predicted molar refractivity (Wildman–Crippen MR) is 124 cm³/mol. The smallest absolute Gasteiger partial charge is 0.277 e. The normalized spacial score (nSPS) is 11.1. The Bertz CT molecular complexity index is 1180. The molecular weight excluding hydrogens is 477 g/mol. The first kappa shape index (κ1) is 19.2. The predicted octanol–water partition coefficient (Wildman–Crippen LogP) is 4.76. The molecular formula is C23H18IN3O2. The highest BCUT2D eigenvalue weighted by Crippen LogP contribution is 2.20. The number of rotatable bonds is 6. The molecule has 6 heteroatoms. The number of carbonyl (C=O) groups is 1. The Kier molecular flexibility index (Phi) is 5.90. The van der Waals surface area contributed by atoms with E-state index in [0.717, 1.165) is 15.0 Å². The van der Waals surface area contributed by atoms with E-state index in [-0.39, 0.29) is 12.5 Å². The summed E-state index contributed by atoms with van der Waals surface area (Å²) in [6, 6.07) is 25.9. The summed E-state index contributed by atoms with van der Waals surface area (Å²) in [6.07, 6.45) is 3.59. The van der Waals surface area contributed by atoms with Gasteiger partial charge in [0.25, 0.3) is 5.91 Å². The maximum absolute atomic E-state index is 12.0. The molecule has 0 unspecified atom stereocenters. The number of fused-ring (bicyclic) bond motifs is 1. The van der Waals surface area contributed by atoms with Crippen LogP contribution < -0.4 is 10.2 Å². The number of nitrogens with zero attached hydrogens (tertiary/aromatic N) is 2. The van der Waals surface area contributed by atoms with Crippen LogP contribution in [0.25, 0.3) is 16.5 Å². The maximum atomic E-state index is 12.0. The van der Waals surface area contributed by atoms with E-state index in [4.69, 9.17) is 4.74 Å². The van der Waals surface area contributed by atoms with Gasteiger partial charge in [-0.05, 0) is 69.8 Å². The van der Waals surface area contributed by atoms with Gasteiger partial charge in [-0.1, -0.05) is 42.5 Å². The molecule has 0 aliphatic carbocycles. The molecule has 0 saturated heterocycles. The summed E-state index contributed by atoms with van der Waals surface area (Å²) < 4.78 is 8.49. The molecule has 4 rings (SSSR count). The maximum Gasteiger partial charge on any atom is 0.277 e. The van der Waals surface area contributed by atoms with Crippen LogP contribution in [0.4, 0.5) is 0 Å². The number of benzene rings is 3. The number of aromatic nitrogens is 1. The van der Waals surface area contributed by atoms with Crippen molar-refractivity contribution in [2.75, 3.05) is 6.61 Å². The Morgan fingerprint density at radius 2 is 1.79 bits per heavy atom. The minimum absolute atomic E-state index is 0.0942. The van der Waals surface area contributed by atoms with E-state index in [0.29, 0.717) is 5.75 Å². The number of hydrogen-bond acceptors (Lipinski definition) is 3. The second kappa shape index (κ2) is 8.91. The van der Waals surface area contributed by atoms with Crippen LogP contribution >= 0.6 is 22.6 Å². The molecule has 0 radical (unpaired) electrons. The van der Waals surface area contributed by atoms with Gasteiger partial charge in [-0.3, -0.25) is 4.79 Å². The molecule has 5 nitrogen and oxygen atoms in total. The quantitative estimate of drug-likeness (QED) is 0.238. The monoisotopic (exact) mass is 495 g/mol. The summed E-state index contributed by atoms with van der Waals surface area (Å²) in [5.41, 5.74) is 4.40. The number of carbonyl (C=O) groups excluding carboxylic acids is 1. The molecule has 1 aromatic heterocycles.